The van der Waals surface area contributed by atoms with E-state index in [0.717, 1.165) is 6.07 Å². The van der Waals surface area contributed by atoms with Crippen molar-refractivity contribution >= 4 is 29.0 Å². The topological polar surface area (TPSA) is 165 Å². The number of hydrazone groups is 1. The number of carbonyl (C=O) groups excluding carboxylic acids is 1. The number of nitro benzene ring substituents is 2. The Morgan fingerprint density at radius 3 is 2.37 bits per heavy atom. The maximum absolute atomic E-state index is 12.0. The molecular weight excluding hydrogens is 360 g/mol. The SMILES string of the molecule is O=C(O)C(Cc1ccccc1[N+](=O)[O-])=NNC(=O)c1cccc([N+](=O)[O-])c1. The van der Waals surface area contributed by atoms with E-state index in [9.17, 15) is 34.9 Å². The van der Waals surface area contributed by atoms with Gasteiger partial charge in [-0.1, -0.05) is 24.3 Å². The van der Waals surface area contributed by atoms with Crippen LogP contribution in [0.5, 0.6) is 0 Å². The lowest BCUT2D eigenvalue weighted by Crippen LogP contribution is -2.25. The molecule has 2 aromatic carbocycles. The summed E-state index contributed by atoms with van der Waals surface area (Å²) in [4.78, 5) is 43.8. The number of para-hydroxylation sites is 1. The lowest BCUT2D eigenvalue weighted by Gasteiger charge is -2.05. The van der Waals surface area contributed by atoms with Gasteiger partial charge in [-0.2, -0.15) is 5.10 Å². The fraction of sp³-hybridized carbons (Fsp3) is 0.0625. The Bertz CT molecular complexity index is 955. The zero-order valence-electron chi connectivity index (χ0n) is 13.6. The van der Waals surface area contributed by atoms with Crippen molar-refractivity contribution in [3.05, 3.63) is 79.9 Å². The molecule has 0 atom stereocenters. The lowest BCUT2D eigenvalue weighted by atomic mass is 10.1. The first-order valence-corrected chi connectivity index (χ1v) is 7.36. The lowest BCUT2D eigenvalue weighted by molar-refractivity contribution is -0.385. The number of benzene rings is 2. The molecule has 1 amide bonds. The van der Waals surface area contributed by atoms with Crippen molar-refractivity contribution in [3.8, 4) is 0 Å². The Hall–Kier alpha value is -4.15. The fourth-order valence-electron chi connectivity index (χ4n) is 2.13. The Kier molecular flexibility index (Phi) is 5.89. The number of hydrogen-bond donors (Lipinski definition) is 2. The summed E-state index contributed by atoms with van der Waals surface area (Å²) in [5, 5.41) is 34.5. The number of carbonyl (C=O) groups is 2. The van der Waals surface area contributed by atoms with Crippen LogP contribution in [0.4, 0.5) is 11.4 Å². The third-order valence-electron chi connectivity index (χ3n) is 3.40. The van der Waals surface area contributed by atoms with Gasteiger partial charge in [0.05, 0.1) is 9.85 Å². The zero-order chi connectivity index (χ0) is 20.0. The standard InChI is InChI=1S/C16H12N4O7/c21-15(11-5-3-6-12(8-11)19(24)25)18-17-13(16(22)23)9-10-4-1-2-7-14(10)20(26)27/h1-8H,9H2,(H,18,21)(H,22,23). The van der Waals surface area contributed by atoms with Crippen LogP contribution in [0.2, 0.25) is 0 Å². The summed E-state index contributed by atoms with van der Waals surface area (Å²) in [6.45, 7) is 0. The number of amides is 1. The van der Waals surface area contributed by atoms with Crippen molar-refractivity contribution in [2.75, 3.05) is 0 Å². The molecule has 11 nitrogen and oxygen atoms in total. The summed E-state index contributed by atoms with van der Waals surface area (Å²) >= 11 is 0. The molecule has 0 radical (unpaired) electrons. The van der Waals surface area contributed by atoms with Gasteiger partial charge in [-0.15, -0.1) is 0 Å². The van der Waals surface area contributed by atoms with Crippen LogP contribution in [-0.2, 0) is 11.2 Å². The number of nitrogens with one attached hydrogen (secondary N) is 1. The van der Waals surface area contributed by atoms with Gasteiger partial charge in [-0.25, -0.2) is 10.2 Å². The molecule has 0 aliphatic rings. The molecule has 138 valence electrons. The summed E-state index contributed by atoms with van der Waals surface area (Å²) in [5.74, 6) is -2.34. The average molecular weight is 372 g/mol. The van der Waals surface area contributed by atoms with Gasteiger partial charge in [0.15, 0.2) is 0 Å². The van der Waals surface area contributed by atoms with E-state index >= 15 is 0 Å². The zero-order valence-corrected chi connectivity index (χ0v) is 13.6. The van der Waals surface area contributed by atoms with Crippen molar-refractivity contribution < 1.29 is 24.5 Å². The molecule has 11 heteroatoms. The van der Waals surface area contributed by atoms with E-state index in [1.165, 1.54) is 42.5 Å². The van der Waals surface area contributed by atoms with E-state index in [1.54, 1.807) is 0 Å². The fourth-order valence-corrected chi connectivity index (χ4v) is 2.13. The van der Waals surface area contributed by atoms with Gasteiger partial charge >= 0.3 is 5.97 Å². The third kappa shape index (κ3) is 4.92. The predicted octanol–water partition coefficient (Wildman–Crippen LogP) is 1.92. The molecule has 0 saturated heterocycles. The molecule has 0 aromatic heterocycles. The van der Waals surface area contributed by atoms with Crippen LogP contribution in [0.25, 0.3) is 0 Å². The minimum atomic E-state index is -1.48. The molecule has 0 spiro atoms. The molecule has 0 saturated carbocycles. The van der Waals surface area contributed by atoms with Crippen LogP contribution in [0, 0.1) is 20.2 Å². The summed E-state index contributed by atoms with van der Waals surface area (Å²) in [6, 6.07) is 10.3. The first-order chi connectivity index (χ1) is 12.8. The number of rotatable bonds is 7. The van der Waals surface area contributed by atoms with Crippen LogP contribution in [0.15, 0.2) is 53.6 Å². The van der Waals surface area contributed by atoms with E-state index < -0.39 is 33.9 Å². The maximum Gasteiger partial charge on any atom is 0.352 e. The first-order valence-electron chi connectivity index (χ1n) is 7.36. The minimum Gasteiger partial charge on any atom is -0.477 e. The van der Waals surface area contributed by atoms with E-state index in [0.29, 0.717) is 0 Å². The highest BCUT2D eigenvalue weighted by atomic mass is 16.6. The number of nitrogens with zero attached hydrogens (tertiary/aromatic N) is 3. The van der Waals surface area contributed by atoms with E-state index in [-0.39, 0.29) is 22.5 Å². The average Bonchev–Trinajstić information content (AvgIpc) is 2.64. The number of aliphatic carboxylic acids is 1. The first kappa shape index (κ1) is 19.2. The molecular formula is C16H12N4O7. The van der Waals surface area contributed by atoms with Gasteiger partial charge in [-0.3, -0.25) is 25.0 Å². The Morgan fingerprint density at radius 1 is 1.04 bits per heavy atom. The normalized spacial score (nSPS) is 10.9. The van der Waals surface area contributed by atoms with E-state index in [2.05, 4.69) is 5.10 Å². The minimum absolute atomic E-state index is 0.0941. The van der Waals surface area contributed by atoms with Crippen LogP contribution in [-0.4, -0.2) is 32.5 Å². The Labute approximate surface area is 151 Å². The number of carboxylic acid groups (broad SMARTS) is 1. The number of non-ortho nitro benzene ring substituents is 1. The molecule has 2 aromatic rings. The highest BCUT2D eigenvalue weighted by molar-refractivity contribution is 6.36. The molecule has 0 bridgehead atoms. The van der Waals surface area contributed by atoms with Crippen molar-refractivity contribution in [2.45, 2.75) is 6.42 Å². The van der Waals surface area contributed by atoms with Gasteiger partial charge < -0.3 is 5.11 Å². The molecule has 0 aliphatic heterocycles. The Morgan fingerprint density at radius 2 is 1.74 bits per heavy atom. The maximum atomic E-state index is 12.0. The second-order valence-electron chi connectivity index (χ2n) is 5.17. The van der Waals surface area contributed by atoms with Gasteiger partial charge in [0.2, 0.25) is 0 Å². The highest BCUT2D eigenvalue weighted by Gasteiger charge is 2.19. The van der Waals surface area contributed by atoms with Crippen LogP contribution in [0.3, 0.4) is 0 Å². The molecule has 27 heavy (non-hydrogen) atoms. The van der Waals surface area contributed by atoms with Gasteiger partial charge in [0.1, 0.15) is 5.71 Å². The number of nitro groups is 2. The summed E-state index contributed by atoms with van der Waals surface area (Å²) in [6.07, 6.45) is -0.401. The molecule has 0 unspecified atom stereocenters. The van der Waals surface area contributed by atoms with E-state index in [4.69, 9.17) is 0 Å². The summed E-state index contributed by atoms with van der Waals surface area (Å²) < 4.78 is 0. The summed E-state index contributed by atoms with van der Waals surface area (Å²) in [5.41, 5.74) is 0.867. The molecule has 0 fully saturated rings. The second-order valence-corrected chi connectivity index (χ2v) is 5.17. The molecule has 0 aliphatic carbocycles. The smallest absolute Gasteiger partial charge is 0.352 e. The van der Waals surface area contributed by atoms with Crippen LogP contribution < -0.4 is 5.43 Å². The molecule has 2 N–H and O–H groups in total. The second kappa shape index (κ2) is 8.29. The van der Waals surface area contributed by atoms with Crippen LogP contribution in [0.1, 0.15) is 15.9 Å². The van der Waals surface area contributed by atoms with Gasteiger partial charge in [-0.05, 0) is 6.07 Å². The quantitative estimate of drug-likeness (QED) is 0.425. The third-order valence-corrected chi connectivity index (χ3v) is 3.40. The monoisotopic (exact) mass is 372 g/mol. The van der Waals surface area contributed by atoms with Crippen molar-refractivity contribution in [2.24, 2.45) is 5.10 Å². The number of hydrogen-bond acceptors (Lipinski definition) is 7. The molecule has 0 heterocycles. The highest BCUT2D eigenvalue weighted by Crippen LogP contribution is 2.18. The van der Waals surface area contributed by atoms with Gasteiger partial charge in [0, 0.05) is 35.7 Å². The van der Waals surface area contributed by atoms with Crippen molar-refractivity contribution in [1.29, 1.82) is 0 Å². The predicted molar refractivity (Wildman–Crippen MR) is 92.4 cm³/mol. The summed E-state index contributed by atoms with van der Waals surface area (Å²) in [7, 11) is 0. The van der Waals surface area contributed by atoms with Crippen molar-refractivity contribution in [3.63, 3.8) is 0 Å². The largest absolute Gasteiger partial charge is 0.477 e. The number of carboxylic acids is 1. The molecule has 2 rings (SSSR count). The Balaban J connectivity index is 2.23. The van der Waals surface area contributed by atoms with Gasteiger partial charge in [0.25, 0.3) is 17.3 Å². The van der Waals surface area contributed by atoms with Crippen LogP contribution >= 0.6 is 0 Å². The van der Waals surface area contributed by atoms with E-state index in [1.807, 2.05) is 5.43 Å². The van der Waals surface area contributed by atoms with Crippen molar-refractivity contribution in [1.82, 2.24) is 5.43 Å².